The maximum Gasteiger partial charge on any atom is -0.0146 e. The number of hydrogen-bond donors (Lipinski definition) is 0. The lowest BCUT2D eigenvalue weighted by Gasteiger charge is -2.16. The van der Waals surface area contributed by atoms with Crippen LogP contribution in [0.25, 0.3) is 0 Å². The molecule has 0 fully saturated rings. The second kappa shape index (κ2) is 8.38. The first-order chi connectivity index (χ1) is 7.88. The molecule has 1 atom stereocenters. The molecule has 0 N–H and O–H groups in total. The molecular weight excluding hydrogens is 192 g/mol. The molecule has 89 valence electrons. The van der Waals surface area contributed by atoms with Crippen LogP contribution in [0.5, 0.6) is 0 Å². The van der Waals surface area contributed by atoms with Gasteiger partial charge >= 0.3 is 0 Å². The Morgan fingerprint density at radius 3 is 2.50 bits per heavy atom. The van der Waals surface area contributed by atoms with Crippen LogP contribution >= 0.6 is 0 Å². The Labute approximate surface area is 101 Å². The van der Waals surface area contributed by atoms with Crippen molar-refractivity contribution < 1.29 is 0 Å². The van der Waals surface area contributed by atoms with Gasteiger partial charge in [0, 0.05) is 0 Å². The minimum Gasteiger partial charge on any atom is -0.0654 e. The van der Waals surface area contributed by atoms with Gasteiger partial charge in [-0.3, -0.25) is 0 Å². The smallest absolute Gasteiger partial charge is 0.0146 e. The zero-order chi connectivity index (χ0) is 11.6. The molecule has 0 nitrogen and oxygen atoms in total. The highest BCUT2D eigenvalue weighted by atomic mass is 14.1. The van der Waals surface area contributed by atoms with Crippen LogP contribution in [0.4, 0.5) is 0 Å². The van der Waals surface area contributed by atoms with E-state index in [1.54, 1.807) is 0 Å². The van der Waals surface area contributed by atoms with E-state index in [4.69, 9.17) is 0 Å². The Kier molecular flexibility index (Phi) is 6.96. The predicted octanol–water partition coefficient (Wildman–Crippen LogP) is 5.34. The number of benzene rings is 1. The molecule has 0 saturated heterocycles. The van der Waals surface area contributed by atoms with Gasteiger partial charge in [0.1, 0.15) is 0 Å². The van der Waals surface area contributed by atoms with Crippen LogP contribution in [-0.2, 0) is 0 Å². The van der Waals surface area contributed by atoms with Crippen LogP contribution in [0.1, 0.15) is 70.3 Å². The first kappa shape index (κ1) is 13.3. The van der Waals surface area contributed by atoms with Crippen LogP contribution in [0.3, 0.4) is 0 Å². The van der Waals surface area contributed by atoms with Crippen molar-refractivity contribution in [2.24, 2.45) is 0 Å². The average Bonchev–Trinajstić information content (AvgIpc) is 2.34. The molecule has 0 bridgehead atoms. The highest BCUT2D eigenvalue weighted by Crippen LogP contribution is 2.26. The zero-order valence-corrected chi connectivity index (χ0v) is 10.8. The van der Waals surface area contributed by atoms with Crippen molar-refractivity contribution in [1.29, 1.82) is 0 Å². The molecule has 0 amide bonds. The van der Waals surface area contributed by atoms with Crippen LogP contribution in [0.15, 0.2) is 24.3 Å². The third-order valence-corrected chi connectivity index (χ3v) is 3.22. The van der Waals surface area contributed by atoms with Crippen molar-refractivity contribution in [2.75, 3.05) is 0 Å². The van der Waals surface area contributed by atoms with Gasteiger partial charge < -0.3 is 0 Å². The fraction of sp³-hybridized carbons (Fsp3) is 0.625. The topological polar surface area (TPSA) is 0 Å². The maximum absolute atomic E-state index is 3.39. The van der Waals surface area contributed by atoms with E-state index in [0.717, 1.165) is 5.92 Å². The Bertz CT molecular complexity index is 250. The normalized spacial score (nSPS) is 12.6. The van der Waals surface area contributed by atoms with Gasteiger partial charge in [0.05, 0.1) is 0 Å². The van der Waals surface area contributed by atoms with Gasteiger partial charge in [-0.25, -0.2) is 0 Å². The van der Waals surface area contributed by atoms with Crippen LogP contribution in [0.2, 0.25) is 0 Å². The van der Waals surface area contributed by atoms with Gasteiger partial charge in [0.15, 0.2) is 0 Å². The summed E-state index contributed by atoms with van der Waals surface area (Å²) in [5.74, 6) is 0.739. The molecule has 0 aliphatic heterocycles. The molecule has 0 heteroatoms. The second-order valence-electron chi connectivity index (χ2n) is 4.65. The van der Waals surface area contributed by atoms with Gasteiger partial charge in [0.2, 0.25) is 0 Å². The Balaban J connectivity index is 2.41. The molecule has 1 rings (SSSR count). The minimum atomic E-state index is 0.739. The Morgan fingerprint density at radius 1 is 1.00 bits per heavy atom. The van der Waals surface area contributed by atoms with Crippen molar-refractivity contribution in [2.45, 2.75) is 64.7 Å². The minimum absolute atomic E-state index is 0.739. The van der Waals surface area contributed by atoms with E-state index in [1.807, 2.05) is 6.07 Å². The summed E-state index contributed by atoms with van der Waals surface area (Å²) in [4.78, 5) is 0. The standard InChI is InChI=1S/C16H25/c1-3-5-6-8-12-15(11-4-2)16-13-9-7-10-14-16/h7,9-10,13,15H,3-6,8,11-12H2,1-2H3. The number of hydrogen-bond acceptors (Lipinski definition) is 0. The molecule has 0 aliphatic rings. The van der Waals surface area contributed by atoms with Gasteiger partial charge in [-0.2, -0.15) is 0 Å². The molecule has 1 aromatic rings. The quantitative estimate of drug-likeness (QED) is 0.515. The van der Waals surface area contributed by atoms with Crippen molar-refractivity contribution in [3.63, 3.8) is 0 Å². The average molecular weight is 217 g/mol. The summed E-state index contributed by atoms with van der Waals surface area (Å²) in [6.07, 6.45) is 9.42. The van der Waals surface area contributed by atoms with E-state index >= 15 is 0 Å². The van der Waals surface area contributed by atoms with E-state index < -0.39 is 0 Å². The summed E-state index contributed by atoms with van der Waals surface area (Å²) >= 11 is 0. The van der Waals surface area contributed by atoms with Crippen molar-refractivity contribution in [1.82, 2.24) is 0 Å². The lowest BCUT2D eigenvalue weighted by molar-refractivity contribution is 0.521. The fourth-order valence-corrected chi connectivity index (χ4v) is 2.28. The maximum atomic E-state index is 3.39. The van der Waals surface area contributed by atoms with Crippen LogP contribution < -0.4 is 0 Å². The molecule has 0 spiro atoms. The van der Waals surface area contributed by atoms with Crippen LogP contribution in [0, 0.1) is 6.07 Å². The molecule has 1 unspecified atom stereocenters. The lowest BCUT2D eigenvalue weighted by atomic mass is 9.89. The molecule has 0 aliphatic carbocycles. The van der Waals surface area contributed by atoms with E-state index in [0.29, 0.717) is 0 Å². The van der Waals surface area contributed by atoms with Crippen molar-refractivity contribution in [3.05, 3.63) is 35.9 Å². The van der Waals surface area contributed by atoms with Gasteiger partial charge in [-0.05, 0) is 30.4 Å². The lowest BCUT2D eigenvalue weighted by Crippen LogP contribution is -1.98. The second-order valence-corrected chi connectivity index (χ2v) is 4.65. The summed E-state index contributed by atoms with van der Waals surface area (Å²) < 4.78 is 0. The predicted molar refractivity (Wildman–Crippen MR) is 71.7 cm³/mol. The summed E-state index contributed by atoms with van der Waals surface area (Å²) in [6.45, 7) is 4.55. The summed E-state index contributed by atoms with van der Waals surface area (Å²) in [6, 6.07) is 11.9. The van der Waals surface area contributed by atoms with Gasteiger partial charge in [-0.1, -0.05) is 70.2 Å². The first-order valence-electron chi connectivity index (χ1n) is 6.85. The van der Waals surface area contributed by atoms with E-state index in [9.17, 15) is 0 Å². The van der Waals surface area contributed by atoms with Crippen LogP contribution in [-0.4, -0.2) is 0 Å². The monoisotopic (exact) mass is 217 g/mol. The molecule has 16 heavy (non-hydrogen) atoms. The van der Waals surface area contributed by atoms with Crippen molar-refractivity contribution >= 4 is 0 Å². The van der Waals surface area contributed by atoms with Gasteiger partial charge in [-0.15, -0.1) is 0 Å². The third kappa shape index (κ3) is 4.83. The Hall–Kier alpha value is -0.780. The van der Waals surface area contributed by atoms with Crippen molar-refractivity contribution in [3.8, 4) is 0 Å². The number of rotatable bonds is 8. The molecule has 0 heterocycles. The summed E-state index contributed by atoms with van der Waals surface area (Å²) in [7, 11) is 0. The first-order valence-corrected chi connectivity index (χ1v) is 6.85. The van der Waals surface area contributed by atoms with Gasteiger partial charge in [0.25, 0.3) is 0 Å². The zero-order valence-electron chi connectivity index (χ0n) is 10.8. The highest BCUT2D eigenvalue weighted by molar-refractivity contribution is 5.17. The van der Waals surface area contributed by atoms with E-state index in [-0.39, 0.29) is 0 Å². The summed E-state index contributed by atoms with van der Waals surface area (Å²) in [5, 5.41) is 0. The van der Waals surface area contributed by atoms with E-state index in [1.165, 1.54) is 50.5 Å². The molecule has 1 radical (unpaired) electrons. The largest absolute Gasteiger partial charge is 0.0654 e. The Morgan fingerprint density at radius 2 is 1.88 bits per heavy atom. The molecule has 0 saturated carbocycles. The summed E-state index contributed by atoms with van der Waals surface area (Å²) in [5.41, 5.74) is 1.42. The molecular formula is C16H25. The highest BCUT2D eigenvalue weighted by Gasteiger charge is 2.09. The number of unbranched alkanes of at least 4 members (excludes halogenated alkanes) is 3. The SMILES string of the molecule is CCCCCCC(CCC)c1[c]cccc1. The molecule has 1 aromatic carbocycles. The molecule has 0 aromatic heterocycles. The fourth-order valence-electron chi connectivity index (χ4n) is 2.28. The van der Waals surface area contributed by atoms with E-state index in [2.05, 4.69) is 38.1 Å². The third-order valence-electron chi connectivity index (χ3n) is 3.22.